The molecule has 0 saturated carbocycles. The van der Waals surface area contributed by atoms with Crippen LogP contribution in [0.1, 0.15) is 30.9 Å². The Morgan fingerprint density at radius 1 is 1.41 bits per heavy atom. The molecule has 0 unspecified atom stereocenters. The van der Waals surface area contributed by atoms with Crippen LogP contribution in [0.25, 0.3) is 0 Å². The molecule has 2 amide bonds. The summed E-state index contributed by atoms with van der Waals surface area (Å²) in [6.45, 7) is 5.47. The Labute approximate surface area is 132 Å². The lowest BCUT2D eigenvalue weighted by Crippen LogP contribution is -2.41. The minimum Gasteiger partial charge on any atom is -0.359 e. The third-order valence-corrected chi connectivity index (χ3v) is 3.93. The van der Waals surface area contributed by atoms with Gasteiger partial charge in [0.25, 0.3) is 0 Å². The third kappa shape index (κ3) is 3.94. The number of hydrogen-bond donors (Lipinski definition) is 2. The smallest absolute Gasteiger partial charge is 0.313 e. The monoisotopic (exact) mass is 321 g/mol. The van der Waals surface area contributed by atoms with Crippen LogP contribution in [0.4, 0.5) is 5.69 Å². The van der Waals surface area contributed by atoms with Crippen LogP contribution in [0.5, 0.6) is 0 Å². The molecule has 0 saturated heterocycles. The average Bonchev–Trinajstić information content (AvgIpc) is 3.09. The van der Waals surface area contributed by atoms with Gasteiger partial charge < -0.3 is 15.2 Å². The van der Waals surface area contributed by atoms with Gasteiger partial charge in [0.2, 0.25) is 0 Å². The Bertz CT molecular complexity index is 649. The fourth-order valence-electron chi connectivity index (χ4n) is 2.09. The Morgan fingerprint density at radius 2 is 2.18 bits per heavy atom. The lowest BCUT2D eigenvalue weighted by molar-refractivity contribution is -0.136. The Balaban J connectivity index is 1.91. The van der Waals surface area contributed by atoms with Crippen molar-refractivity contribution in [1.29, 1.82) is 0 Å². The van der Waals surface area contributed by atoms with Crippen LogP contribution in [-0.2, 0) is 22.4 Å². The van der Waals surface area contributed by atoms with Crippen molar-refractivity contribution in [3.63, 3.8) is 0 Å². The van der Waals surface area contributed by atoms with Crippen molar-refractivity contribution in [1.82, 2.24) is 10.5 Å². The SMILES string of the molecule is CCc1onc(C)c1NC(=O)C(=O)N[C@H](C)Cc1ccsc1. The molecule has 0 aliphatic carbocycles. The number of aromatic nitrogens is 1. The molecule has 0 aromatic carbocycles. The Morgan fingerprint density at radius 3 is 2.82 bits per heavy atom. The predicted octanol–water partition coefficient (Wildman–Crippen LogP) is 2.29. The molecule has 2 heterocycles. The quantitative estimate of drug-likeness (QED) is 0.828. The number of aryl methyl sites for hydroxylation is 2. The number of carbonyl (C=O) groups is 2. The van der Waals surface area contributed by atoms with Crippen LogP contribution in [0.2, 0.25) is 0 Å². The number of amides is 2. The molecule has 0 aliphatic heterocycles. The largest absolute Gasteiger partial charge is 0.359 e. The van der Waals surface area contributed by atoms with Crippen molar-refractivity contribution in [3.8, 4) is 0 Å². The first-order chi connectivity index (χ1) is 10.5. The summed E-state index contributed by atoms with van der Waals surface area (Å²) >= 11 is 1.61. The van der Waals surface area contributed by atoms with Crippen LogP contribution < -0.4 is 10.6 Å². The van der Waals surface area contributed by atoms with E-state index in [0.29, 0.717) is 30.0 Å². The normalized spacial score (nSPS) is 12.0. The molecule has 2 aromatic heterocycles. The highest BCUT2D eigenvalue weighted by Crippen LogP contribution is 2.20. The van der Waals surface area contributed by atoms with E-state index in [0.717, 1.165) is 5.56 Å². The second kappa shape index (κ2) is 7.22. The van der Waals surface area contributed by atoms with Crippen molar-refractivity contribution < 1.29 is 14.1 Å². The van der Waals surface area contributed by atoms with Crippen LogP contribution in [0, 0.1) is 6.92 Å². The van der Waals surface area contributed by atoms with Gasteiger partial charge in [-0.3, -0.25) is 9.59 Å². The van der Waals surface area contributed by atoms with Gasteiger partial charge >= 0.3 is 11.8 Å². The summed E-state index contributed by atoms with van der Waals surface area (Å²) in [5, 5.41) is 13.1. The van der Waals surface area contributed by atoms with Crippen LogP contribution in [0.15, 0.2) is 21.3 Å². The summed E-state index contributed by atoms with van der Waals surface area (Å²) in [7, 11) is 0. The number of thiophene rings is 1. The number of rotatable bonds is 5. The summed E-state index contributed by atoms with van der Waals surface area (Å²) in [4.78, 5) is 23.9. The van der Waals surface area contributed by atoms with Crippen molar-refractivity contribution in [3.05, 3.63) is 33.8 Å². The standard InChI is InChI=1S/C15H19N3O3S/c1-4-12-13(10(3)18-21-12)17-15(20)14(19)16-9(2)7-11-5-6-22-8-11/h5-6,8-9H,4,7H2,1-3H3,(H,16,19)(H,17,20)/t9-/m1/s1. The van der Waals surface area contributed by atoms with Gasteiger partial charge in [-0.25, -0.2) is 0 Å². The molecule has 2 rings (SSSR count). The van der Waals surface area contributed by atoms with E-state index in [2.05, 4.69) is 15.8 Å². The maximum absolute atomic E-state index is 12.0. The highest BCUT2D eigenvalue weighted by atomic mass is 32.1. The zero-order valence-electron chi connectivity index (χ0n) is 12.8. The molecular weight excluding hydrogens is 302 g/mol. The van der Waals surface area contributed by atoms with Gasteiger partial charge in [-0.05, 0) is 42.7 Å². The first kappa shape index (κ1) is 16.2. The molecule has 1 atom stereocenters. The van der Waals surface area contributed by atoms with E-state index in [1.165, 1.54) is 0 Å². The van der Waals surface area contributed by atoms with Crippen molar-refractivity contribution in [2.75, 3.05) is 5.32 Å². The summed E-state index contributed by atoms with van der Waals surface area (Å²) < 4.78 is 5.08. The number of carbonyl (C=O) groups excluding carboxylic acids is 2. The van der Waals surface area contributed by atoms with E-state index in [4.69, 9.17) is 4.52 Å². The van der Waals surface area contributed by atoms with E-state index in [-0.39, 0.29) is 6.04 Å². The molecule has 22 heavy (non-hydrogen) atoms. The van der Waals surface area contributed by atoms with Gasteiger partial charge in [-0.2, -0.15) is 11.3 Å². The summed E-state index contributed by atoms with van der Waals surface area (Å²) in [6.07, 6.45) is 1.28. The van der Waals surface area contributed by atoms with Crippen LogP contribution in [-0.4, -0.2) is 23.0 Å². The predicted molar refractivity (Wildman–Crippen MR) is 84.9 cm³/mol. The van der Waals surface area contributed by atoms with Crippen LogP contribution >= 0.6 is 11.3 Å². The van der Waals surface area contributed by atoms with E-state index >= 15 is 0 Å². The number of nitrogens with one attached hydrogen (secondary N) is 2. The molecule has 6 nitrogen and oxygen atoms in total. The molecule has 0 bridgehead atoms. The van der Waals surface area contributed by atoms with Crippen LogP contribution in [0.3, 0.4) is 0 Å². The number of nitrogens with zero attached hydrogens (tertiary/aromatic N) is 1. The van der Waals surface area contributed by atoms with E-state index in [9.17, 15) is 9.59 Å². The molecule has 0 spiro atoms. The topological polar surface area (TPSA) is 84.2 Å². The lowest BCUT2D eigenvalue weighted by atomic mass is 10.1. The Kier molecular flexibility index (Phi) is 5.32. The maximum atomic E-state index is 12.0. The average molecular weight is 321 g/mol. The third-order valence-electron chi connectivity index (χ3n) is 3.20. The maximum Gasteiger partial charge on any atom is 0.313 e. The molecule has 0 aliphatic rings. The zero-order valence-corrected chi connectivity index (χ0v) is 13.6. The molecule has 7 heteroatoms. The van der Waals surface area contributed by atoms with Crippen molar-refractivity contribution in [2.24, 2.45) is 0 Å². The first-order valence-electron chi connectivity index (χ1n) is 7.09. The van der Waals surface area contributed by atoms with Gasteiger partial charge in [-0.15, -0.1) is 0 Å². The van der Waals surface area contributed by atoms with Crippen molar-refractivity contribution >= 4 is 28.8 Å². The number of hydrogen-bond acceptors (Lipinski definition) is 5. The molecule has 2 aromatic rings. The van der Waals surface area contributed by atoms with Gasteiger partial charge in [0, 0.05) is 12.5 Å². The lowest BCUT2D eigenvalue weighted by Gasteiger charge is -2.13. The summed E-state index contributed by atoms with van der Waals surface area (Å²) in [5.41, 5.74) is 2.18. The molecule has 118 valence electrons. The van der Waals surface area contributed by atoms with Gasteiger partial charge in [0.05, 0.1) is 0 Å². The van der Waals surface area contributed by atoms with E-state index in [1.807, 2.05) is 30.7 Å². The second-order valence-electron chi connectivity index (χ2n) is 5.08. The molecule has 2 N–H and O–H groups in total. The van der Waals surface area contributed by atoms with Crippen molar-refractivity contribution in [2.45, 2.75) is 39.7 Å². The Hall–Kier alpha value is -2.15. The van der Waals surface area contributed by atoms with Gasteiger partial charge in [0.1, 0.15) is 11.4 Å². The molecule has 0 fully saturated rings. The summed E-state index contributed by atoms with van der Waals surface area (Å²) in [6, 6.07) is 1.88. The number of anilines is 1. The first-order valence-corrected chi connectivity index (χ1v) is 8.03. The van der Waals surface area contributed by atoms with Gasteiger partial charge in [0.15, 0.2) is 5.76 Å². The highest BCUT2D eigenvalue weighted by molar-refractivity contribution is 7.07. The van der Waals surface area contributed by atoms with E-state index < -0.39 is 11.8 Å². The second-order valence-corrected chi connectivity index (χ2v) is 5.86. The fourth-order valence-corrected chi connectivity index (χ4v) is 2.77. The molecular formula is C15H19N3O3S. The highest BCUT2D eigenvalue weighted by Gasteiger charge is 2.20. The fraction of sp³-hybridized carbons (Fsp3) is 0.400. The molecule has 0 radical (unpaired) electrons. The minimum absolute atomic E-state index is 0.123. The van der Waals surface area contributed by atoms with Gasteiger partial charge in [-0.1, -0.05) is 12.1 Å². The van der Waals surface area contributed by atoms with E-state index in [1.54, 1.807) is 18.3 Å². The minimum atomic E-state index is -0.710. The summed E-state index contributed by atoms with van der Waals surface area (Å²) in [5.74, 6) is -0.812. The zero-order chi connectivity index (χ0) is 16.1.